The number of nitrogen functional groups attached to an aromatic ring is 1. The van der Waals surface area contributed by atoms with E-state index in [9.17, 15) is 4.39 Å². The molecule has 1 aliphatic heterocycles. The number of pyridine rings is 1. The normalized spacial score (nSPS) is 14.8. The molecule has 0 saturated carbocycles. The number of aryl methyl sites for hydroxylation is 1. The maximum absolute atomic E-state index is 13.9. The second-order valence-electron chi connectivity index (χ2n) is 8.39. The third kappa shape index (κ3) is 4.18. The molecule has 7 nitrogen and oxygen atoms in total. The molecular formula is C24H26FN7. The minimum atomic E-state index is -0.418. The number of aromatic nitrogens is 5. The van der Waals surface area contributed by atoms with E-state index in [1.165, 1.54) is 50.2 Å². The van der Waals surface area contributed by atoms with Gasteiger partial charge in [0.25, 0.3) is 0 Å². The Labute approximate surface area is 186 Å². The van der Waals surface area contributed by atoms with Crippen LogP contribution >= 0.6 is 0 Å². The number of fused-ring (bicyclic) bond motifs is 1. The predicted octanol–water partition coefficient (Wildman–Crippen LogP) is 3.95. The highest BCUT2D eigenvalue weighted by Crippen LogP contribution is 2.27. The molecule has 32 heavy (non-hydrogen) atoms. The maximum Gasteiger partial charge on any atom is 0.166 e. The number of benzene rings is 1. The molecular weight excluding hydrogens is 405 g/mol. The molecule has 2 N–H and O–H groups in total. The smallest absolute Gasteiger partial charge is 0.166 e. The molecule has 8 heteroatoms. The van der Waals surface area contributed by atoms with Crippen LogP contribution in [0.25, 0.3) is 22.6 Å². The van der Waals surface area contributed by atoms with E-state index in [-0.39, 0.29) is 0 Å². The van der Waals surface area contributed by atoms with E-state index in [1.54, 1.807) is 13.1 Å². The van der Waals surface area contributed by atoms with E-state index in [0.29, 0.717) is 40.7 Å². The van der Waals surface area contributed by atoms with E-state index in [4.69, 9.17) is 5.73 Å². The topological polar surface area (TPSA) is 85.8 Å². The van der Waals surface area contributed by atoms with Gasteiger partial charge in [-0.1, -0.05) is 30.7 Å². The van der Waals surface area contributed by atoms with Crippen LogP contribution in [-0.2, 0) is 13.1 Å². The van der Waals surface area contributed by atoms with Gasteiger partial charge in [-0.3, -0.25) is 9.88 Å². The highest BCUT2D eigenvalue weighted by Gasteiger charge is 2.18. The largest absolute Gasteiger partial charge is 0.382 e. The van der Waals surface area contributed by atoms with Gasteiger partial charge in [0.1, 0.15) is 17.5 Å². The van der Waals surface area contributed by atoms with Gasteiger partial charge in [0, 0.05) is 18.3 Å². The zero-order valence-corrected chi connectivity index (χ0v) is 18.1. The van der Waals surface area contributed by atoms with Crippen molar-refractivity contribution in [1.82, 2.24) is 29.4 Å². The van der Waals surface area contributed by atoms with Crippen LogP contribution in [0.5, 0.6) is 0 Å². The Morgan fingerprint density at radius 3 is 2.38 bits per heavy atom. The Morgan fingerprint density at radius 2 is 1.66 bits per heavy atom. The fourth-order valence-electron chi connectivity index (χ4n) is 4.35. The summed E-state index contributed by atoms with van der Waals surface area (Å²) < 4.78 is 15.8. The average molecular weight is 432 g/mol. The number of hydrogen-bond acceptors (Lipinski definition) is 6. The standard InChI is InChI=1S/C24H26FN7/c1-16-28-22(26)21-24(29-16)32(23(30-21)19-11-20(25)13-27-12-19)15-18-7-5-17(6-8-18)14-31-9-3-2-4-10-31/h5-8,11-13H,2-4,9-10,14-15H2,1H3,(H2,26,28,29). The quantitative estimate of drug-likeness (QED) is 0.515. The molecule has 1 aromatic carbocycles. The Kier molecular flexibility index (Phi) is 5.53. The number of halogens is 1. The van der Waals surface area contributed by atoms with Gasteiger partial charge >= 0.3 is 0 Å². The fraction of sp³-hybridized carbons (Fsp3) is 0.333. The van der Waals surface area contributed by atoms with Gasteiger partial charge in [-0.25, -0.2) is 19.3 Å². The van der Waals surface area contributed by atoms with E-state index >= 15 is 0 Å². The van der Waals surface area contributed by atoms with Crippen LogP contribution in [0, 0.1) is 12.7 Å². The Morgan fingerprint density at radius 1 is 0.938 bits per heavy atom. The minimum Gasteiger partial charge on any atom is -0.382 e. The van der Waals surface area contributed by atoms with Crippen molar-refractivity contribution in [3.8, 4) is 11.4 Å². The molecule has 4 heterocycles. The molecule has 0 atom stereocenters. The fourth-order valence-corrected chi connectivity index (χ4v) is 4.35. The van der Waals surface area contributed by atoms with Crippen molar-refractivity contribution in [2.24, 2.45) is 0 Å². The zero-order valence-electron chi connectivity index (χ0n) is 18.1. The van der Waals surface area contributed by atoms with E-state index < -0.39 is 5.82 Å². The predicted molar refractivity (Wildman–Crippen MR) is 122 cm³/mol. The molecule has 4 aromatic rings. The van der Waals surface area contributed by atoms with Gasteiger partial charge in [-0.15, -0.1) is 0 Å². The molecule has 0 spiro atoms. The van der Waals surface area contributed by atoms with Crippen molar-refractivity contribution in [3.63, 3.8) is 0 Å². The Balaban J connectivity index is 1.49. The van der Waals surface area contributed by atoms with Crippen molar-refractivity contribution >= 4 is 17.0 Å². The summed E-state index contributed by atoms with van der Waals surface area (Å²) in [6, 6.07) is 10.1. The van der Waals surface area contributed by atoms with E-state index in [1.807, 2.05) is 4.57 Å². The first-order valence-corrected chi connectivity index (χ1v) is 11.0. The van der Waals surface area contributed by atoms with Crippen molar-refractivity contribution < 1.29 is 4.39 Å². The molecule has 1 aliphatic rings. The summed E-state index contributed by atoms with van der Waals surface area (Å²) in [6.07, 6.45) is 6.68. The molecule has 0 radical (unpaired) electrons. The van der Waals surface area contributed by atoms with Gasteiger partial charge in [0.15, 0.2) is 17.0 Å². The lowest BCUT2D eigenvalue weighted by Gasteiger charge is -2.26. The first kappa shape index (κ1) is 20.5. The number of likely N-dealkylation sites (tertiary alicyclic amines) is 1. The maximum atomic E-state index is 13.9. The number of hydrogen-bond donors (Lipinski definition) is 1. The summed E-state index contributed by atoms with van der Waals surface area (Å²) in [6.45, 7) is 5.66. The van der Waals surface area contributed by atoms with Crippen LogP contribution < -0.4 is 5.73 Å². The third-order valence-corrected chi connectivity index (χ3v) is 5.92. The van der Waals surface area contributed by atoms with Crippen LogP contribution in [0.15, 0.2) is 42.7 Å². The van der Waals surface area contributed by atoms with Crippen LogP contribution in [-0.4, -0.2) is 42.5 Å². The number of piperidine rings is 1. The number of imidazole rings is 1. The van der Waals surface area contributed by atoms with Crippen LogP contribution in [0.2, 0.25) is 0 Å². The molecule has 164 valence electrons. The van der Waals surface area contributed by atoms with Crippen LogP contribution in [0.3, 0.4) is 0 Å². The summed E-state index contributed by atoms with van der Waals surface area (Å²) in [5.74, 6) is 1.03. The molecule has 0 aliphatic carbocycles. The molecule has 1 saturated heterocycles. The lowest BCUT2D eigenvalue weighted by molar-refractivity contribution is 0.221. The molecule has 0 bridgehead atoms. The third-order valence-electron chi connectivity index (χ3n) is 5.92. The average Bonchev–Trinajstić information content (AvgIpc) is 3.14. The Hall–Kier alpha value is -3.39. The second kappa shape index (κ2) is 8.63. The second-order valence-corrected chi connectivity index (χ2v) is 8.39. The Bertz CT molecular complexity index is 1240. The SMILES string of the molecule is Cc1nc(N)c2nc(-c3cncc(F)c3)n(Cc3ccc(CN4CCCCC4)cc3)c2n1. The van der Waals surface area contributed by atoms with Gasteiger partial charge < -0.3 is 10.3 Å². The molecule has 0 amide bonds. The summed E-state index contributed by atoms with van der Waals surface area (Å²) in [5.41, 5.74) is 10.3. The van der Waals surface area contributed by atoms with Gasteiger partial charge in [-0.05, 0) is 50.0 Å². The highest BCUT2D eigenvalue weighted by molar-refractivity contribution is 5.85. The number of nitrogens with zero attached hydrogens (tertiary/aromatic N) is 6. The van der Waals surface area contributed by atoms with E-state index in [2.05, 4.69) is 49.1 Å². The first-order valence-electron chi connectivity index (χ1n) is 11.0. The van der Waals surface area contributed by atoms with Crippen molar-refractivity contribution in [2.45, 2.75) is 39.3 Å². The molecule has 0 unspecified atom stereocenters. The van der Waals surface area contributed by atoms with Crippen LogP contribution in [0.1, 0.15) is 36.2 Å². The van der Waals surface area contributed by atoms with Crippen LogP contribution in [0.4, 0.5) is 10.2 Å². The summed E-state index contributed by atoms with van der Waals surface area (Å²) >= 11 is 0. The zero-order chi connectivity index (χ0) is 22.1. The van der Waals surface area contributed by atoms with Gasteiger partial charge in [0.2, 0.25) is 0 Å². The number of rotatable bonds is 5. The number of nitrogens with two attached hydrogens (primary N) is 1. The lowest BCUT2D eigenvalue weighted by atomic mass is 10.1. The van der Waals surface area contributed by atoms with Gasteiger partial charge in [-0.2, -0.15) is 0 Å². The van der Waals surface area contributed by atoms with Crippen molar-refractivity contribution in [2.75, 3.05) is 18.8 Å². The summed E-state index contributed by atoms with van der Waals surface area (Å²) in [7, 11) is 0. The molecule has 5 rings (SSSR count). The lowest BCUT2D eigenvalue weighted by Crippen LogP contribution is -2.29. The van der Waals surface area contributed by atoms with E-state index in [0.717, 1.165) is 12.1 Å². The monoisotopic (exact) mass is 431 g/mol. The molecule has 1 fully saturated rings. The molecule has 3 aromatic heterocycles. The number of anilines is 1. The highest BCUT2D eigenvalue weighted by atomic mass is 19.1. The first-order chi connectivity index (χ1) is 15.6. The summed E-state index contributed by atoms with van der Waals surface area (Å²) in [4.78, 5) is 20.0. The summed E-state index contributed by atoms with van der Waals surface area (Å²) in [5, 5.41) is 0. The minimum absolute atomic E-state index is 0.314. The van der Waals surface area contributed by atoms with Crippen molar-refractivity contribution in [1.29, 1.82) is 0 Å². The van der Waals surface area contributed by atoms with Gasteiger partial charge in [0.05, 0.1) is 12.7 Å². The van der Waals surface area contributed by atoms with Crippen molar-refractivity contribution in [3.05, 3.63) is 65.5 Å².